The van der Waals surface area contributed by atoms with Crippen molar-refractivity contribution in [1.29, 1.82) is 0 Å². The van der Waals surface area contributed by atoms with Crippen LogP contribution in [0.3, 0.4) is 0 Å². The second-order valence-corrected chi connectivity index (χ2v) is 3.77. The first-order valence-corrected chi connectivity index (χ1v) is 5.23. The van der Waals surface area contributed by atoms with Crippen LogP contribution in [-0.4, -0.2) is 36.3 Å². The van der Waals surface area contributed by atoms with Crippen molar-refractivity contribution in [2.24, 2.45) is 5.73 Å². The molecule has 0 saturated carbocycles. The van der Waals surface area contributed by atoms with Crippen LogP contribution < -0.4 is 5.73 Å². The van der Waals surface area contributed by atoms with E-state index < -0.39 is 24.1 Å². The predicted molar refractivity (Wildman–Crippen MR) is 62.7 cm³/mol. The molecule has 0 saturated heterocycles. The molecule has 1 atom stereocenters. The summed E-state index contributed by atoms with van der Waals surface area (Å²) < 4.78 is 9.52. The van der Waals surface area contributed by atoms with E-state index in [0.717, 1.165) is 5.56 Å². The summed E-state index contributed by atoms with van der Waals surface area (Å²) in [5.74, 6) is -2.51. The Labute approximate surface area is 104 Å². The highest BCUT2D eigenvalue weighted by molar-refractivity contribution is 6.04. The molecule has 0 unspecified atom stereocenters. The maximum Gasteiger partial charge on any atom is 0.340 e. The van der Waals surface area contributed by atoms with Gasteiger partial charge in [0.2, 0.25) is 5.54 Å². The number of ether oxygens (including phenoxy) is 2. The molecule has 98 valence electrons. The average Bonchev–Trinajstić information content (AvgIpc) is 2.37. The molecule has 0 fully saturated rings. The number of carbonyl (C=O) groups excluding carboxylic acids is 1. The second-order valence-electron chi connectivity index (χ2n) is 3.77. The number of esters is 1. The number of benzene rings is 1. The number of methoxy groups -OCH3 is 1. The molecule has 0 aliphatic heterocycles. The molecule has 6 nitrogen and oxygen atoms in total. The lowest BCUT2D eigenvalue weighted by Gasteiger charge is -2.21. The standard InChI is InChI=1S/C12H15NO5/c1-17-8-12(13,10(14)15)11(16)18-7-9-5-3-2-4-6-9/h2-6H,7-8,13H2,1H3,(H,14,15)/t12-/m1/s1. The van der Waals surface area contributed by atoms with Gasteiger partial charge in [-0.15, -0.1) is 0 Å². The van der Waals surface area contributed by atoms with Gasteiger partial charge in [-0.2, -0.15) is 0 Å². The molecule has 1 aromatic rings. The van der Waals surface area contributed by atoms with Crippen molar-refractivity contribution in [3.05, 3.63) is 35.9 Å². The minimum Gasteiger partial charge on any atom is -0.479 e. The van der Waals surface area contributed by atoms with Gasteiger partial charge in [-0.3, -0.25) is 0 Å². The molecule has 1 aromatic carbocycles. The van der Waals surface area contributed by atoms with Crippen molar-refractivity contribution in [2.45, 2.75) is 12.1 Å². The smallest absolute Gasteiger partial charge is 0.340 e. The van der Waals surface area contributed by atoms with Gasteiger partial charge in [0.05, 0.1) is 6.61 Å². The number of hydrogen-bond donors (Lipinski definition) is 2. The van der Waals surface area contributed by atoms with Crippen LogP contribution in [0.4, 0.5) is 0 Å². The molecule has 0 amide bonds. The van der Waals surface area contributed by atoms with Crippen LogP contribution in [0.15, 0.2) is 30.3 Å². The van der Waals surface area contributed by atoms with E-state index in [2.05, 4.69) is 4.74 Å². The number of hydrogen-bond acceptors (Lipinski definition) is 5. The summed E-state index contributed by atoms with van der Waals surface area (Å²) >= 11 is 0. The van der Waals surface area contributed by atoms with Crippen LogP contribution in [0.1, 0.15) is 5.56 Å². The van der Waals surface area contributed by atoms with Crippen LogP contribution >= 0.6 is 0 Å². The zero-order chi connectivity index (χ0) is 13.6. The van der Waals surface area contributed by atoms with Crippen molar-refractivity contribution in [2.75, 3.05) is 13.7 Å². The van der Waals surface area contributed by atoms with Crippen LogP contribution in [0.25, 0.3) is 0 Å². The molecule has 18 heavy (non-hydrogen) atoms. The second kappa shape index (κ2) is 6.13. The van der Waals surface area contributed by atoms with E-state index in [1.165, 1.54) is 7.11 Å². The van der Waals surface area contributed by atoms with Gasteiger partial charge in [-0.1, -0.05) is 30.3 Å². The molecular formula is C12H15NO5. The molecule has 0 aliphatic rings. The van der Waals surface area contributed by atoms with Gasteiger partial charge >= 0.3 is 11.9 Å². The third-order valence-corrected chi connectivity index (χ3v) is 2.33. The Morgan fingerprint density at radius 3 is 2.44 bits per heavy atom. The average molecular weight is 253 g/mol. The van der Waals surface area contributed by atoms with Crippen molar-refractivity contribution < 1.29 is 24.2 Å². The van der Waals surface area contributed by atoms with E-state index >= 15 is 0 Å². The first-order chi connectivity index (χ1) is 8.50. The van der Waals surface area contributed by atoms with Gasteiger partial charge in [0.1, 0.15) is 6.61 Å². The Morgan fingerprint density at radius 2 is 1.94 bits per heavy atom. The normalized spacial score (nSPS) is 13.7. The third-order valence-electron chi connectivity index (χ3n) is 2.33. The van der Waals surface area contributed by atoms with Crippen molar-refractivity contribution in [3.63, 3.8) is 0 Å². The minimum atomic E-state index is -2.18. The number of rotatable bonds is 6. The first-order valence-electron chi connectivity index (χ1n) is 5.23. The molecule has 0 aromatic heterocycles. The summed E-state index contributed by atoms with van der Waals surface area (Å²) in [5.41, 5.74) is 4.03. The number of nitrogens with two attached hydrogens (primary N) is 1. The third kappa shape index (κ3) is 3.28. The Morgan fingerprint density at radius 1 is 1.33 bits per heavy atom. The van der Waals surface area contributed by atoms with Gasteiger partial charge < -0.3 is 20.3 Å². The van der Waals surface area contributed by atoms with Crippen molar-refractivity contribution in [1.82, 2.24) is 0 Å². The Bertz CT molecular complexity index is 420. The monoisotopic (exact) mass is 253 g/mol. The van der Waals surface area contributed by atoms with E-state index in [4.69, 9.17) is 15.6 Å². The number of aliphatic carboxylic acids is 1. The predicted octanol–water partition coefficient (Wildman–Crippen LogP) is 0.158. The van der Waals surface area contributed by atoms with Gasteiger partial charge in [0.15, 0.2) is 0 Å². The molecule has 6 heteroatoms. The Balaban J connectivity index is 2.66. The zero-order valence-corrected chi connectivity index (χ0v) is 9.96. The molecular weight excluding hydrogens is 238 g/mol. The number of carbonyl (C=O) groups is 2. The van der Waals surface area contributed by atoms with E-state index in [1.807, 2.05) is 6.07 Å². The molecule has 1 rings (SSSR count). The lowest BCUT2D eigenvalue weighted by atomic mass is 10.0. The summed E-state index contributed by atoms with van der Waals surface area (Å²) in [6.45, 7) is -0.481. The topological polar surface area (TPSA) is 98.9 Å². The molecule has 0 radical (unpaired) electrons. The van der Waals surface area contributed by atoms with Crippen LogP contribution in [0.2, 0.25) is 0 Å². The van der Waals surface area contributed by atoms with E-state index in [-0.39, 0.29) is 6.61 Å². The maximum absolute atomic E-state index is 11.7. The summed E-state index contributed by atoms with van der Waals surface area (Å²) in [4.78, 5) is 22.6. The fourth-order valence-corrected chi connectivity index (χ4v) is 1.29. The SMILES string of the molecule is COC[C@@](N)(C(=O)O)C(=O)OCc1ccccc1. The fraction of sp³-hybridized carbons (Fsp3) is 0.333. The first kappa shape index (κ1) is 14.1. The fourth-order valence-electron chi connectivity index (χ4n) is 1.29. The summed E-state index contributed by atoms with van der Waals surface area (Å²) in [5, 5.41) is 8.93. The van der Waals surface area contributed by atoms with Gasteiger partial charge in [-0.05, 0) is 5.56 Å². The number of carboxylic acids is 1. The molecule has 0 aliphatic carbocycles. The van der Waals surface area contributed by atoms with Crippen LogP contribution in [0.5, 0.6) is 0 Å². The van der Waals surface area contributed by atoms with Crippen molar-refractivity contribution in [3.8, 4) is 0 Å². The maximum atomic E-state index is 11.7. The highest BCUT2D eigenvalue weighted by atomic mass is 16.5. The largest absolute Gasteiger partial charge is 0.479 e. The summed E-state index contributed by atoms with van der Waals surface area (Å²) in [7, 11) is 1.26. The van der Waals surface area contributed by atoms with E-state index in [1.54, 1.807) is 24.3 Å². The zero-order valence-electron chi connectivity index (χ0n) is 9.96. The molecule has 0 spiro atoms. The van der Waals surface area contributed by atoms with Gasteiger partial charge in [0, 0.05) is 7.11 Å². The van der Waals surface area contributed by atoms with Crippen molar-refractivity contribution >= 4 is 11.9 Å². The van der Waals surface area contributed by atoms with Gasteiger partial charge in [-0.25, -0.2) is 9.59 Å². The molecule has 0 heterocycles. The van der Waals surface area contributed by atoms with E-state index in [9.17, 15) is 9.59 Å². The Kier molecular flexibility index (Phi) is 4.82. The highest BCUT2D eigenvalue weighted by Crippen LogP contribution is 2.08. The quantitative estimate of drug-likeness (QED) is 0.553. The summed E-state index contributed by atoms with van der Waals surface area (Å²) in [6.07, 6.45) is 0. The lowest BCUT2D eigenvalue weighted by Crippen LogP contribution is -2.59. The molecule has 0 bridgehead atoms. The molecule has 3 N–H and O–H groups in total. The van der Waals surface area contributed by atoms with Crippen LogP contribution in [-0.2, 0) is 25.7 Å². The van der Waals surface area contributed by atoms with E-state index in [0.29, 0.717) is 0 Å². The van der Waals surface area contributed by atoms with Crippen LogP contribution in [0, 0.1) is 0 Å². The Hall–Kier alpha value is -1.92. The number of carboxylic acid groups (broad SMARTS) is 1. The minimum absolute atomic E-state index is 0.0321. The lowest BCUT2D eigenvalue weighted by molar-refractivity contribution is -0.164. The highest BCUT2D eigenvalue weighted by Gasteiger charge is 2.44. The summed E-state index contributed by atoms with van der Waals surface area (Å²) in [6, 6.07) is 8.89. The van der Waals surface area contributed by atoms with Gasteiger partial charge in [0.25, 0.3) is 0 Å².